The van der Waals surface area contributed by atoms with E-state index in [0.29, 0.717) is 36.6 Å². The van der Waals surface area contributed by atoms with E-state index < -0.39 is 61.7 Å². The summed E-state index contributed by atoms with van der Waals surface area (Å²) in [5.41, 5.74) is -5.61. The number of ether oxygens (including phenoxy) is 1. The molecule has 0 heterocycles. The highest BCUT2D eigenvalue weighted by Gasteiger charge is 2.47. The van der Waals surface area contributed by atoms with E-state index in [1.54, 1.807) is 24.3 Å². The third-order valence-electron chi connectivity index (χ3n) is 7.49. The number of carbonyl (C=O) groups excluding carboxylic acids is 2. The van der Waals surface area contributed by atoms with Crippen molar-refractivity contribution in [3.8, 4) is 16.9 Å². The molecule has 1 aliphatic rings. The number of hydrogen-bond acceptors (Lipinski definition) is 6. The molecule has 0 spiro atoms. The van der Waals surface area contributed by atoms with E-state index in [0.717, 1.165) is 18.2 Å². The molecule has 0 radical (unpaired) electrons. The van der Waals surface area contributed by atoms with Gasteiger partial charge in [-0.2, -0.15) is 13.2 Å². The number of carboxylic acids is 1. The zero-order chi connectivity index (χ0) is 32.4. The first-order valence-corrected chi connectivity index (χ1v) is 14.9. The molecular formula is C30H28F4N2O7S. The van der Waals surface area contributed by atoms with Gasteiger partial charge in [-0.1, -0.05) is 24.6 Å². The Morgan fingerprint density at radius 2 is 1.70 bits per heavy atom. The lowest BCUT2D eigenvalue weighted by Gasteiger charge is -2.22. The minimum Gasteiger partial charge on any atom is -0.497 e. The Morgan fingerprint density at radius 1 is 1.02 bits per heavy atom. The van der Waals surface area contributed by atoms with Crippen LogP contribution in [0.2, 0.25) is 0 Å². The van der Waals surface area contributed by atoms with Gasteiger partial charge >= 0.3 is 11.5 Å². The van der Waals surface area contributed by atoms with Gasteiger partial charge in [-0.3, -0.25) is 14.4 Å². The van der Waals surface area contributed by atoms with Crippen molar-refractivity contribution in [1.82, 2.24) is 5.32 Å². The molecular weight excluding hydrogens is 608 g/mol. The number of alkyl halides is 3. The summed E-state index contributed by atoms with van der Waals surface area (Å²) < 4.78 is 83.2. The number of aliphatic carboxylic acids is 1. The van der Waals surface area contributed by atoms with Crippen LogP contribution in [0.5, 0.6) is 5.75 Å². The van der Waals surface area contributed by atoms with Crippen LogP contribution >= 0.6 is 0 Å². The van der Waals surface area contributed by atoms with E-state index in [9.17, 15) is 41.1 Å². The van der Waals surface area contributed by atoms with E-state index in [-0.39, 0.29) is 22.4 Å². The van der Waals surface area contributed by atoms with Crippen LogP contribution in [0.15, 0.2) is 65.6 Å². The molecule has 0 bridgehead atoms. The van der Waals surface area contributed by atoms with Crippen LogP contribution in [0.1, 0.15) is 48.0 Å². The normalized spacial score (nSPS) is 17.5. The standard InChI is InChI=1S/C30H28F4N2O7S/c1-16(29(39)40)23-13-18(14-24(26(23)31)17-9-11-20(43-2)12-10-17)27(37)36-25-8-4-7-22(25)28(38)35-19-5-3-6-21(15-19)44(41,42)30(32,33)34/h3,5-6,9-16,22,25H,4,7-8H2,1-2H3,(H,35,38)(H,36,37)(H,39,40). The van der Waals surface area contributed by atoms with Crippen LogP contribution in [0.3, 0.4) is 0 Å². The fourth-order valence-corrected chi connectivity index (χ4v) is 5.82. The molecule has 44 heavy (non-hydrogen) atoms. The van der Waals surface area contributed by atoms with Gasteiger partial charge in [-0.05, 0) is 67.8 Å². The van der Waals surface area contributed by atoms with E-state index in [1.165, 1.54) is 26.2 Å². The van der Waals surface area contributed by atoms with Gasteiger partial charge < -0.3 is 20.5 Å². The topological polar surface area (TPSA) is 139 Å². The maximum Gasteiger partial charge on any atom is 0.501 e. The average molecular weight is 637 g/mol. The number of anilines is 1. The molecule has 3 atom stereocenters. The number of hydrogen-bond donors (Lipinski definition) is 3. The summed E-state index contributed by atoms with van der Waals surface area (Å²) >= 11 is 0. The van der Waals surface area contributed by atoms with Crippen LogP contribution < -0.4 is 15.4 Å². The zero-order valence-corrected chi connectivity index (χ0v) is 24.3. The summed E-state index contributed by atoms with van der Waals surface area (Å²) in [4.78, 5) is 37.2. The number of carboxylic acid groups (broad SMARTS) is 1. The lowest BCUT2D eigenvalue weighted by molar-refractivity contribution is -0.138. The van der Waals surface area contributed by atoms with Gasteiger partial charge in [0.1, 0.15) is 11.6 Å². The molecule has 2 amide bonds. The van der Waals surface area contributed by atoms with Crippen molar-refractivity contribution >= 4 is 33.3 Å². The average Bonchev–Trinajstić information content (AvgIpc) is 3.44. The number of halogens is 4. The van der Waals surface area contributed by atoms with Crippen LogP contribution in [0.25, 0.3) is 11.1 Å². The van der Waals surface area contributed by atoms with E-state index in [2.05, 4.69) is 10.6 Å². The third kappa shape index (κ3) is 6.69. The minimum atomic E-state index is -5.63. The van der Waals surface area contributed by atoms with Gasteiger partial charge in [-0.15, -0.1) is 0 Å². The zero-order valence-electron chi connectivity index (χ0n) is 23.4. The molecule has 0 saturated heterocycles. The van der Waals surface area contributed by atoms with Crippen molar-refractivity contribution in [2.24, 2.45) is 5.92 Å². The Balaban J connectivity index is 1.58. The summed E-state index contributed by atoms with van der Waals surface area (Å²) in [6.07, 6.45) is 1.21. The van der Waals surface area contributed by atoms with Crippen molar-refractivity contribution < 1.29 is 50.2 Å². The highest BCUT2D eigenvalue weighted by atomic mass is 32.2. The van der Waals surface area contributed by atoms with Gasteiger partial charge in [0.2, 0.25) is 5.91 Å². The Labute approximate surface area is 250 Å². The van der Waals surface area contributed by atoms with Gasteiger partial charge in [0.15, 0.2) is 0 Å². The van der Waals surface area contributed by atoms with Gasteiger partial charge in [0.05, 0.1) is 23.8 Å². The number of benzene rings is 3. The lowest BCUT2D eigenvalue weighted by Crippen LogP contribution is -2.42. The summed E-state index contributed by atoms with van der Waals surface area (Å²) in [6.45, 7) is 1.28. The Morgan fingerprint density at radius 3 is 2.32 bits per heavy atom. The third-order valence-corrected chi connectivity index (χ3v) is 8.97. The fraction of sp³-hybridized carbons (Fsp3) is 0.300. The second-order valence-corrected chi connectivity index (χ2v) is 12.2. The maximum absolute atomic E-state index is 15.6. The van der Waals surface area contributed by atoms with E-state index in [4.69, 9.17) is 4.74 Å². The maximum atomic E-state index is 15.6. The first-order chi connectivity index (χ1) is 20.6. The van der Waals surface area contributed by atoms with Crippen molar-refractivity contribution in [3.05, 3.63) is 77.6 Å². The monoisotopic (exact) mass is 636 g/mol. The number of sulfone groups is 1. The van der Waals surface area contributed by atoms with Crippen LogP contribution in [-0.2, 0) is 19.4 Å². The van der Waals surface area contributed by atoms with Gasteiger partial charge in [0.25, 0.3) is 15.7 Å². The number of carbonyl (C=O) groups is 3. The summed E-state index contributed by atoms with van der Waals surface area (Å²) in [7, 11) is -4.18. The fourth-order valence-electron chi connectivity index (χ4n) is 5.01. The molecule has 234 valence electrons. The summed E-state index contributed by atoms with van der Waals surface area (Å²) in [5.74, 6) is -5.06. The first-order valence-electron chi connectivity index (χ1n) is 13.4. The molecule has 3 aromatic rings. The van der Waals surface area contributed by atoms with Crippen molar-refractivity contribution in [2.45, 2.75) is 48.5 Å². The van der Waals surface area contributed by atoms with Crippen LogP contribution in [0, 0.1) is 11.7 Å². The minimum absolute atomic E-state index is 0.0159. The Hall–Kier alpha value is -4.46. The molecule has 0 aromatic heterocycles. The van der Waals surface area contributed by atoms with Crippen LogP contribution in [0.4, 0.5) is 23.2 Å². The Bertz CT molecular complexity index is 1690. The number of nitrogens with one attached hydrogen (secondary N) is 2. The molecule has 0 aliphatic heterocycles. The van der Waals surface area contributed by atoms with E-state index >= 15 is 4.39 Å². The highest BCUT2D eigenvalue weighted by Crippen LogP contribution is 2.34. The van der Waals surface area contributed by atoms with Crippen LogP contribution in [-0.4, -0.2) is 50.0 Å². The number of amides is 2. The number of rotatable bonds is 9. The highest BCUT2D eigenvalue weighted by molar-refractivity contribution is 7.92. The second-order valence-electron chi connectivity index (χ2n) is 10.3. The molecule has 9 nitrogen and oxygen atoms in total. The summed E-state index contributed by atoms with van der Waals surface area (Å²) in [6, 6.07) is 11.7. The molecule has 14 heteroatoms. The summed E-state index contributed by atoms with van der Waals surface area (Å²) in [5, 5.41) is 14.7. The predicted octanol–water partition coefficient (Wildman–Crippen LogP) is 5.52. The SMILES string of the molecule is COc1ccc(-c2cc(C(=O)NC3CCCC3C(=O)Nc3cccc(S(=O)(=O)C(F)(F)F)c3)cc(C(C)C(=O)O)c2F)cc1. The first kappa shape index (κ1) is 32.5. The Kier molecular flexibility index (Phi) is 9.33. The second kappa shape index (κ2) is 12.6. The molecule has 1 aliphatic carbocycles. The molecule has 1 fully saturated rings. The van der Waals surface area contributed by atoms with Gasteiger partial charge in [0, 0.05) is 28.4 Å². The predicted molar refractivity (Wildman–Crippen MR) is 151 cm³/mol. The molecule has 1 saturated carbocycles. The smallest absolute Gasteiger partial charge is 0.497 e. The molecule has 3 unspecified atom stereocenters. The largest absolute Gasteiger partial charge is 0.501 e. The van der Waals surface area contributed by atoms with Crippen molar-refractivity contribution in [1.29, 1.82) is 0 Å². The van der Waals surface area contributed by atoms with Gasteiger partial charge in [-0.25, -0.2) is 12.8 Å². The quantitative estimate of drug-likeness (QED) is 0.263. The number of methoxy groups -OCH3 is 1. The van der Waals surface area contributed by atoms with Crippen molar-refractivity contribution in [3.63, 3.8) is 0 Å². The lowest BCUT2D eigenvalue weighted by atomic mass is 9.92. The van der Waals surface area contributed by atoms with E-state index in [1.807, 2.05) is 0 Å². The molecule has 4 rings (SSSR count). The molecule has 3 N–H and O–H groups in total. The van der Waals surface area contributed by atoms with Crippen molar-refractivity contribution in [2.75, 3.05) is 12.4 Å². The molecule has 3 aromatic carbocycles.